The number of nitrogens with one attached hydrogen (secondary N) is 1. The van der Waals surface area contributed by atoms with E-state index in [1.165, 1.54) is 0 Å². The SMILES string of the molecule is C#CCC(C=O)C(C)(NC(=C)N(C)C)c1cccc(-c2cccnc2)c1. The van der Waals surface area contributed by atoms with Gasteiger partial charge in [0, 0.05) is 32.9 Å². The third kappa shape index (κ3) is 4.12. The Morgan fingerprint density at radius 1 is 1.38 bits per heavy atom. The summed E-state index contributed by atoms with van der Waals surface area (Å²) in [5.74, 6) is 2.93. The van der Waals surface area contributed by atoms with Crippen LogP contribution >= 0.6 is 0 Å². The summed E-state index contributed by atoms with van der Waals surface area (Å²) in [5.41, 5.74) is 2.33. The molecule has 1 N–H and O–H groups in total. The Bertz CT molecular complexity index is 808. The van der Waals surface area contributed by atoms with Gasteiger partial charge in [0.1, 0.15) is 6.29 Å². The molecule has 0 aliphatic carbocycles. The number of terminal acetylenes is 1. The standard InChI is InChI=1S/C22H25N3O/c1-6-9-21(16-26)22(3,24-17(2)25(4)5)20-12-7-10-18(14-20)19-11-8-13-23-15-19/h1,7-8,10-16,21,24H,2,9H2,3-5H3. The molecule has 0 fully saturated rings. The predicted octanol–water partition coefficient (Wildman–Crippen LogP) is 3.42. The number of aldehydes is 1. The summed E-state index contributed by atoms with van der Waals surface area (Å²) in [6.45, 7) is 6.05. The molecule has 0 aliphatic heterocycles. The Balaban J connectivity index is 2.53. The smallest absolute Gasteiger partial charge is 0.126 e. The minimum Gasteiger partial charge on any atom is -0.365 e. The van der Waals surface area contributed by atoms with Crippen molar-refractivity contribution in [2.24, 2.45) is 5.92 Å². The first-order valence-electron chi connectivity index (χ1n) is 8.46. The van der Waals surface area contributed by atoms with Crippen LogP contribution in [0.5, 0.6) is 0 Å². The van der Waals surface area contributed by atoms with E-state index in [-0.39, 0.29) is 0 Å². The van der Waals surface area contributed by atoms with E-state index in [9.17, 15) is 4.79 Å². The van der Waals surface area contributed by atoms with Crippen molar-refractivity contribution < 1.29 is 4.79 Å². The number of hydrogen-bond acceptors (Lipinski definition) is 4. The van der Waals surface area contributed by atoms with E-state index >= 15 is 0 Å². The van der Waals surface area contributed by atoms with Crippen molar-refractivity contribution in [3.05, 3.63) is 66.8 Å². The van der Waals surface area contributed by atoms with Gasteiger partial charge in [0.15, 0.2) is 0 Å². The van der Waals surface area contributed by atoms with Crippen molar-refractivity contribution in [2.45, 2.75) is 18.9 Å². The van der Waals surface area contributed by atoms with Crippen molar-refractivity contribution in [1.29, 1.82) is 0 Å². The lowest BCUT2D eigenvalue weighted by atomic mass is 9.77. The fourth-order valence-electron chi connectivity index (χ4n) is 2.86. The van der Waals surface area contributed by atoms with E-state index in [1.54, 1.807) is 6.20 Å². The first kappa shape index (κ1) is 19.3. The highest BCUT2D eigenvalue weighted by molar-refractivity contribution is 5.65. The Kier molecular flexibility index (Phi) is 6.19. The van der Waals surface area contributed by atoms with Crippen LogP contribution in [0, 0.1) is 18.3 Å². The van der Waals surface area contributed by atoms with Crippen LogP contribution in [-0.4, -0.2) is 30.3 Å². The summed E-state index contributed by atoms with van der Waals surface area (Å²) in [6.07, 6.45) is 10.3. The molecule has 2 rings (SSSR count). The molecule has 0 aliphatic rings. The maximum absolute atomic E-state index is 11.8. The lowest BCUT2D eigenvalue weighted by Crippen LogP contribution is -2.48. The molecule has 2 unspecified atom stereocenters. The second kappa shape index (κ2) is 8.35. The van der Waals surface area contributed by atoms with Crippen LogP contribution in [0.2, 0.25) is 0 Å². The van der Waals surface area contributed by atoms with E-state index in [4.69, 9.17) is 6.42 Å². The highest BCUT2D eigenvalue weighted by Gasteiger charge is 2.36. The Labute approximate surface area is 156 Å². The van der Waals surface area contributed by atoms with Gasteiger partial charge in [-0.1, -0.05) is 30.8 Å². The fourth-order valence-corrected chi connectivity index (χ4v) is 2.86. The van der Waals surface area contributed by atoms with Gasteiger partial charge in [-0.25, -0.2) is 0 Å². The summed E-state index contributed by atoms with van der Waals surface area (Å²) >= 11 is 0. The molecule has 2 atom stereocenters. The molecular formula is C22H25N3O. The predicted molar refractivity (Wildman–Crippen MR) is 106 cm³/mol. The number of rotatable bonds is 8. The number of carbonyl (C=O) groups excluding carboxylic acids is 1. The first-order chi connectivity index (χ1) is 12.4. The van der Waals surface area contributed by atoms with Crippen molar-refractivity contribution >= 4 is 6.29 Å². The van der Waals surface area contributed by atoms with E-state index in [1.807, 2.05) is 62.4 Å². The molecule has 1 aromatic heterocycles. The zero-order chi connectivity index (χ0) is 19.2. The molecule has 4 heteroatoms. The average Bonchev–Trinajstić information content (AvgIpc) is 2.66. The van der Waals surface area contributed by atoms with Crippen LogP contribution in [0.1, 0.15) is 18.9 Å². The molecule has 26 heavy (non-hydrogen) atoms. The number of aromatic nitrogens is 1. The van der Waals surface area contributed by atoms with Gasteiger partial charge in [-0.05, 0) is 35.7 Å². The maximum Gasteiger partial charge on any atom is 0.126 e. The van der Waals surface area contributed by atoms with Gasteiger partial charge in [0.2, 0.25) is 0 Å². The largest absolute Gasteiger partial charge is 0.365 e. The van der Waals surface area contributed by atoms with Crippen LogP contribution in [0.3, 0.4) is 0 Å². The molecule has 0 saturated heterocycles. The lowest BCUT2D eigenvalue weighted by Gasteiger charge is -2.39. The Morgan fingerprint density at radius 2 is 2.12 bits per heavy atom. The fraction of sp³-hybridized carbons (Fsp3) is 0.273. The van der Waals surface area contributed by atoms with Gasteiger partial charge in [0.05, 0.1) is 17.3 Å². The van der Waals surface area contributed by atoms with Gasteiger partial charge < -0.3 is 15.0 Å². The minimum absolute atomic E-state index is 0.338. The summed E-state index contributed by atoms with van der Waals surface area (Å²) in [6, 6.07) is 12.0. The number of nitrogens with zero attached hydrogens (tertiary/aromatic N) is 2. The topological polar surface area (TPSA) is 45.2 Å². The third-order valence-electron chi connectivity index (χ3n) is 4.64. The molecule has 0 amide bonds. The summed E-state index contributed by atoms with van der Waals surface area (Å²) in [4.78, 5) is 17.9. The summed E-state index contributed by atoms with van der Waals surface area (Å²) < 4.78 is 0. The molecule has 1 heterocycles. The summed E-state index contributed by atoms with van der Waals surface area (Å²) in [5, 5.41) is 3.41. The molecule has 4 nitrogen and oxygen atoms in total. The molecule has 1 aromatic carbocycles. The van der Waals surface area contributed by atoms with Crippen LogP contribution in [0.4, 0.5) is 0 Å². The summed E-state index contributed by atoms with van der Waals surface area (Å²) in [7, 11) is 3.80. The van der Waals surface area contributed by atoms with E-state index in [0.717, 1.165) is 23.0 Å². The second-order valence-electron chi connectivity index (χ2n) is 6.64. The van der Waals surface area contributed by atoms with Crippen molar-refractivity contribution in [3.63, 3.8) is 0 Å². The minimum atomic E-state index is -0.687. The van der Waals surface area contributed by atoms with Crippen LogP contribution < -0.4 is 5.32 Å². The van der Waals surface area contributed by atoms with Gasteiger partial charge in [-0.3, -0.25) is 4.98 Å². The average molecular weight is 347 g/mol. The van der Waals surface area contributed by atoms with Crippen molar-refractivity contribution in [2.75, 3.05) is 14.1 Å². The number of hydrogen-bond donors (Lipinski definition) is 1. The number of carbonyl (C=O) groups is 1. The van der Waals surface area contributed by atoms with Crippen LogP contribution in [0.25, 0.3) is 11.1 Å². The highest BCUT2D eigenvalue weighted by Crippen LogP contribution is 2.34. The van der Waals surface area contributed by atoms with Gasteiger partial charge in [0.25, 0.3) is 0 Å². The molecule has 0 bridgehead atoms. The Morgan fingerprint density at radius 3 is 2.69 bits per heavy atom. The third-order valence-corrected chi connectivity index (χ3v) is 4.64. The van der Waals surface area contributed by atoms with Crippen LogP contribution in [-0.2, 0) is 10.3 Å². The molecule has 0 spiro atoms. The number of benzene rings is 1. The van der Waals surface area contributed by atoms with Crippen molar-refractivity contribution in [1.82, 2.24) is 15.2 Å². The zero-order valence-electron chi connectivity index (χ0n) is 15.6. The van der Waals surface area contributed by atoms with Gasteiger partial charge in [-0.15, -0.1) is 12.3 Å². The van der Waals surface area contributed by atoms with Gasteiger partial charge in [-0.2, -0.15) is 0 Å². The molecule has 134 valence electrons. The lowest BCUT2D eigenvalue weighted by molar-refractivity contribution is -0.113. The highest BCUT2D eigenvalue weighted by atomic mass is 16.1. The molecular weight excluding hydrogens is 322 g/mol. The molecule has 0 saturated carbocycles. The zero-order valence-corrected chi connectivity index (χ0v) is 15.6. The quantitative estimate of drug-likeness (QED) is 0.587. The van der Waals surface area contributed by atoms with Crippen molar-refractivity contribution in [3.8, 4) is 23.5 Å². The van der Waals surface area contributed by atoms with E-state index in [0.29, 0.717) is 12.2 Å². The van der Waals surface area contributed by atoms with E-state index < -0.39 is 11.5 Å². The maximum atomic E-state index is 11.8. The van der Waals surface area contributed by atoms with Gasteiger partial charge >= 0.3 is 0 Å². The Hall–Kier alpha value is -3.06. The first-order valence-corrected chi connectivity index (χ1v) is 8.46. The molecule has 2 aromatic rings. The number of pyridine rings is 1. The second-order valence-corrected chi connectivity index (χ2v) is 6.64. The van der Waals surface area contributed by atoms with E-state index in [2.05, 4.69) is 28.9 Å². The van der Waals surface area contributed by atoms with Crippen LogP contribution in [0.15, 0.2) is 61.2 Å². The monoisotopic (exact) mass is 347 g/mol. The molecule has 0 radical (unpaired) electrons. The normalized spacial score (nSPS) is 13.8.